The van der Waals surface area contributed by atoms with E-state index in [0.717, 1.165) is 31.5 Å². The monoisotopic (exact) mass is 275 g/mol. The van der Waals surface area contributed by atoms with Gasteiger partial charge in [0.2, 0.25) is 11.8 Å². The molecule has 108 valence electrons. The molecule has 0 radical (unpaired) electrons. The molecule has 1 aliphatic heterocycles. The standard InChI is InChI=1S/C15H21N3O2/c16-10-13(12-6-2-1-3-7-12)15(20)17-11-14(19)18-8-4-5-9-18/h1-3,6-7,13H,4-5,8-11,16H2,(H,17,20). The van der Waals surface area contributed by atoms with Crippen LogP contribution in [0, 0.1) is 0 Å². The Kier molecular flexibility index (Phi) is 5.12. The largest absolute Gasteiger partial charge is 0.346 e. The van der Waals surface area contributed by atoms with Crippen molar-refractivity contribution in [2.45, 2.75) is 18.8 Å². The molecule has 0 bridgehead atoms. The SMILES string of the molecule is NCC(C(=O)NCC(=O)N1CCCC1)c1ccccc1. The highest BCUT2D eigenvalue weighted by atomic mass is 16.2. The Morgan fingerprint density at radius 3 is 2.45 bits per heavy atom. The van der Waals surface area contributed by atoms with E-state index in [9.17, 15) is 9.59 Å². The van der Waals surface area contributed by atoms with Gasteiger partial charge in [0, 0.05) is 19.6 Å². The summed E-state index contributed by atoms with van der Waals surface area (Å²) >= 11 is 0. The molecule has 0 spiro atoms. The second kappa shape index (κ2) is 7.05. The third-order valence-electron chi connectivity index (χ3n) is 3.63. The summed E-state index contributed by atoms with van der Waals surface area (Å²) in [5.74, 6) is -0.603. The molecule has 5 heteroatoms. The summed E-state index contributed by atoms with van der Waals surface area (Å²) in [5.41, 5.74) is 6.55. The van der Waals surface area contributed by atoms with Crippen LogP contribution in [0.5, 0.6) is 0 Å². The molecule has 1 unspecified atom stereocenters. The summed E-state index contributed by atoms with van der Waals surface area (Å²) in [6.45, 7) is 1.89. The number of rotatable bonds is 5. The van der Waals surface area contributed by atoms with Gasteiger partial charge in [-0.3, -0.25) is 9.59 Å². The van der Waals surface area contributed by atoms with Gasteiger partial charge in [-0.25, -0.2) is 0 Å². The highest BCUT2D eigenvalue weighted by Gasteiger charge is 2.22. The maximum Gasteiger partial charge on any atom is 0.241 e. The van der Waals surface area contributed by atoms with Crippen molar-refractivity contribution in [3.05, 3.63) is 35.9 Å². The summed E-state index contributed by atoms with van der Waals surface area (Å²) in [6.07, 6.45) is 2.10. The van der Waals surface area contributed by atoms with Crippen LogP contribution in [0.15, 0.2) is 30.3 Å². The van der Waals surface area contributed by atoms with Crippen LogP contribution in [0.3, 0.4) is 0 Å². The van der Waals surface area contributed by atoms with Crippen LogP contribution in [-0.2, 0) is 9.59 Å². The molecular formula is C15H21N3O2. The molecule has 1 atom stereocenters. The van der Waals surface area contributed by atoms with Gasteiger partial charge in [-0.2, -0.15) is 0 Å². The van der Waals surface area contributed by atoms with Crippen molar-refractivity contribution >= 4 is 11.8 Å². The molecule has 0 aliphatic carbocycles. The predicted molar refractivity (Wildman–Crippen MR) is 77.1 cm³/mol. The molecular weight excluding hydrogens is 254 g/mol. The van der Waals surface area contributed by atoms with Gasteiger partial charge in [-0.05, 0) is 18.4 Å². The Morgan fingerprint density at radius 2 is 1.85 bits per heavy atom. The predicted octanol–water partition coefficient (Wildman–Crippen LogP) is 0.467. The van der Waals surface area contributed by atoms with Gasteiger partial charge in [0.05, 0.1) is 12.5 Å². The third kappa shape index (κ3) is 3.57. The smallest absolute Gasteiger partial charge is 0.241 e. The second-order valence-corrected chi connectivity index (χ2v) is 5.00. The minimum absolute atomic E-state index is 0.0142. The second-order valence-electron chi connectivity index (χ2n) is 5.00. The molecule has 1 fully saturated rings. The molecule has 5 nitrogen and oxygen atoms in total. The van der Waals surface area contributed by atoms with Crippen molar-refractivity contribution in [1.82, 2.24) is 10.2 Å². The highest BCUT2D eigenvalue weighted by Crippen LogP contribution is 2.14. The Balaban J connectivity index is 1.88. The van der Waals surface area contributed by atoms with Crippen molar-refractivity contribution in [1.29, 1.82) is 0 Å². The summed E-state index contributed by atoms with van der Waals surface area (Å²) in [7, 11) is 0. The lowest BCUT2D eigenvalue weighted by molar-refractivity contribution is -0.132. The molecule has 2 amide bonds. The van der Waals surface area contributed by atoms with Crippen LogP contribution in [0.2, 0.25) is 0 Å². The fourth-order valence-electron chi connectivity index (χ4n) is 2.44. The Hall–Kier alpha value is -1.88. The molecule has 3 N–H and O–H groups in total. The fraction of sp³-hybridized carbons (Fsp3) is 0.467. The first-order valence-corrected chi connectivity index (χ1v) is 7.03. The fourth-order valence-corrected chi connectivity index (χ4v) is 2.44. The number of nitrogens with zero attached hydrogens (tertiary/aromatic N) is 1. The van der Waals surface area contributed by atoms with Gasteiger partial charge in [0.25, 0.3) is 0 Å². The maximum atomic E-state index is 12.1. The first kappa shape index (κ1) is 14.5. The summed E-state index contributed by atoms with van der Waals surface area (Å²) in [5, 5.41) is 2.70. The number of nitrogens with two attached hydrogens (primary N) is 1. The number of carbonyl (C=O) groups excluding carboxylic acids is 2. The normalized spacial score (nSPS) is 15.9. The van der Waals surface area contributed by atoms with Crippen LogP contribution in [-0.4, -0.2) is 42.9 Å². The van der Waals surface area contributed by atoms with E-state index < -0.39 is 5.92 Å². The molecule has 2 rings (SSSR count). The number of benzene rings is 1. The summed E-state index contributed by atoms with van der Waals surface area (Å²) < 4.78 is 0. The lowest BCUT2D eigenvalue weighted by Crippen LogP contribution is -2.41. The van der Waals surface area contributed by atoms with Gasteiger partial charge in [0.1, 0.15) is 0 Å². The van der Waals surface area contributed by atoms with E-state index in [1.165, 1.54) is 0 Å². The molecule has 1 aromatic rings. The van der Waals surface area contributed by atoms with Gasteiger partial charge >= 0.3 is 0 Å². The average Bonchev–Trinajstić information content (AvgIpc) is 3.01. The van der Waals surface area contributed by atoms with Gasteiger partial charge in [0.15, 0.2) is 0 Å². The zero-order valence-corrected chi connectivity index (χ0v) is 11.5. The van der Waals surface area contributed by atoms with E-state index in [-0.39, 0.29) is 24.9 Å². The Bertz CT molecular complexity index is 455. The number of nitrogens with one attached hydrogen (secondary N) is 1. The van der Waals surface area contributed by atoms with Crippen LogP contribution >= 0.6 is 0 Å². The highest BCUT2D eigenvalue weighted by molar-refractivity contribution is 5.88. The molecule has 1 saturated heterocycles. The third-order valence-corrected chi connectivity index (χ3v) is 3.63. The molecule has 20 heavy (non-hydrogen) atoms. The van der Waals surface area contributed by atoms with E-state index in [0.29, 0.717) is 0 Å². The van der Waals surface area contributed by atoms with E-state index in [1.54, 1.807) is 4.90 Å². The van der Waals surface area contributed by atoms with Gasteiger partial charge in [-0.15, -0.1) is 0 Å². The van der Waals surface area contributed by atoms with Crippen molar-refractivity contribution in [3.8, 4) is 0 Å². The average molecular weight is 275 g/mol. The van der Waals surface area contributed by atoms with E-state index >= 15 is 0 Å². The number of likely N-dealkylation sites (tertiary alicyclic amines) is 1. The van der Waals surface area contributed by atoms with Gasteiger partial charge < -0.3 is 16.0 Å². The zero-order valence-electron chi connectivity index (χ0n) is 11.5. The minimum Gasteiger partial charge on any atom is -0.346 e. The van der Waals surface area contributed by atoms with Crippen LogP contribution in [0.25, 0.3) is 0 Å². The molecule has 0 aromatic heterocycles. The van der Waals surface area contributed by atoms with Crippen LogP contribution in [0.4, 0.5) is 0 Å². The molecule has 1 aliphatic rings. The van der Waals surface area contributed by atoms with Crippen LogP contribution in [0.1, 0.15) is 24.3 Å². The summed E-state index contributed by atoms with van der Waals surface area (Å²) in [4.78, 5) is 25.8. The quantitative estimate of drug-likeness (QED) is 0.820. The van der Waals surface area contributed by atoms with Crippen LogP contribution < -0.4 is 11.1 Å². The molecule has 1 aromatic carbocycles. The Morgan fingerprint density at radius 1 is 1.20 bits per heavy atom. The van der Waals surface area contributed by atoms with Gasteiger partial charge in [-0.1, -0.05) is 30.3 Å². The van der Waals surface area contributed by atoms with E-state index in [4.69, 9.17) is 5.73 Å². The number of carbonyl (C=O) groups is 2. The topological polar surface area (TPSA) is 75.4 Å². The molecule has 1 heterocycles. The molecule has 0 saturated carbocycles. The first-order chi connectivity index (χ1) is 9.72. The Labute approximate surface area is 119 Å². The minimum atomic E-state index is -0.400. The van der Waals surface area contributed by atoms with Crippen molar-refractivity contribution in [3.63, 3.8) is 0 Å². The summed E-state index contributed by atoms with van der Waals surface area (Å²) in [6, 6.07) is 9.39. The first-order valence-electron chi connectivity index (χ1n) is 7.03. The number of hydrogen-bond acceptors (Lipinski definition) is 3. The van der Waals surface area contributed by atoms with Crippen molar-refractivity contribution in [2.24, 2.45) is 5.73 Å². The number of hydrogen-bond donors (Lipinski definition) is 2. The maximum absolute atomic E-state index is 12.1. The van der Waals surface area contributed by atoms with Crippen molar-refractivity contribution in [2.75, 3.05) is 26.2 Å². The zero-order chi connectivity index (χ0) is 14.4. The van der Waals surface area contributed by atoms with Crippen molar-refractivity contribution < 1.29 is 9.59 Å². The van der Waals surface area contributed by atoms with E-state index in [1.807, 2.05) is 30.3 Å². The lowest BCUT2D eigenvalue weighted by atomic mass is 9.98. The number of amides is 2. The lowest BCUT2D eigenvalue weighted by Gasteiger charge is -2.18. The van der Waals surface area contributed by atoms with E-state index in [2.05, 4.69) is 5.32 Å².